The highest BCUT2D eigenvalue weighted by Gasteiger charge is 2.39. The molecule has 0 unspecified atom stereocenters. The Balaban J connectivity index is 1.94. The Labute approximate surface area is 213 Å². The minimum atomic E-state index is -0.643. The van der Waals surface area contributed by atoms with Gasteiger partial charge in [-0.3, -0.25) is 9.80 Å². The van der Waals surface area contributed by atoms with E-state index in [0.717, 1.165) is 5.56 Å². The van der Waals surface area contributed by atoms with Crippen LogP contribution >= 0.6 is 0 Å². The second kappa shape index (κ2) is 12.1. The minimum Gasteiger partial charge on any atom is -0.497 e. The van der Waals surface area contributed by atoms with Crippen molar-refractivity contribution in [1.82, 2.24) is 25.3 Å². The number of urea groups is 2. The highest BCUT2D eigenvalue weighted by Crippen LogP contribution is 2.33. The van der Waals surface area contributed by atoms with E-state index in [1.54, 1.807) is 31.1 Å². The lowest BCUT2D eigenvalue weighted by Crippen LogP contribution is -2.58. The summed E-state index contributed by atoms with van der Waals surface area (Å²) in [4.78, 5) is 44.6. The van der Waals surface area contributed by atoms with Crippen molar-refractivity contribution < 1.29 is 23.9 Å². The van der Waals surface area contributed by atoms with E-state index in [9.17, 15) is 14.4 Å². The molecule has 0 saturated carbocycles. The molecule has 0 spiro atoms. The van der Waals surface area contributed by atoms with E-state index in [1.807, 2.05) is 44.7 Å². The number of rotatable bonds is 8. The molecule has 10 nitrogen and oxygen atoms in total. The topological polar surface area (TPSA) is 103 Å². The van der Waals surface area contributed by atoms with E-state index in [2.05, 4.69) is 15.5 Å². The van der Waals surface area contributed by atoms with Crippen molar-refractivity contribution in [3.63, 3.8) is 0 Å². The van der Waals surface area contributed by atoms with Crippen LogP contribution in [0.5, 0.6) is 5.75 Å². The fourth-order valence-electron chi connectivity index (χ4n) is 4.72. The summed E-state index contributed by atoms with van der Waals surface area (Å²) in [6.45, 7) is 12.4. The normalized spacial score (nSPS) is 20.9. The van der Waals surface area contributed by atoms with Crippen molar-refractivity contribution in [2.45, 2.75) is 52.7 Å². The molecule has 2 aliphatic heterocycles. The van der Waals surface area contributed by atoms with Gasteiger partial charge < -0.3 is 25.0 Å². The lowest BCUT2D eigenvalue weighted by molar-refractivity contribution is -0.139. The molecule has 10 heteroatoms. The first kappa shape index (κ1) is 27.3. The second-order valence-electron chi connectivity index (χ2n) is 9.36. The van der Waals surface area contributed by atoms with Crippen molar-refractivity contribution in [1.29, 1.82) is 0 Å². The van der Waals surface area contributed by atoms with Gasteiger partial charge in [-0.05, 0) is 52.3 Å². The van der Waals surface area contributed by atoms with Crippen LogP contribution in [0.25, 0.3) is 0 Å². The number of hydrogen-bond donors (Lipinski definition) is 2. The van der Waals surface area contributed by atoms with Gasteiger partial charge in [0.1, 0.15) is 5.75 Å². The van der Waals surface area contributed by atoms with Crippen LogP contribution in [0.3, 0.4) is 0 Å². The minimum absolute atomic E-state index is 0.0194. The van der Waals surface area contributed by atoms with Crippen molar-refractivity contribution in [3.05, 3.63) is 41.1 Å². The molecule has 0 radical (unpaired) electrons. The summed E-state index contributed by atoms with van der Waals surface area (Å²) in [5, 5.41) is 5.94. The number of nitrogens with zero attached hydrogens (tertiary/aromatic N) is 3. The molecule has 198 valence electrons. The number of piperazine rings is 1. The molecule has 0 bridgehead atoms. The Morgan fingerprint density at radius 3 is 2.42 bits per heavy atom. The van der Waals surface area contributed by atoms with Gasteiger partial charge in [0.2, 0.25) is 0 Å². The molecule has 1 aromatic carbocycles. The van der Waals surface area contributed by atoms with Crippen LogP contribution in [0.1, 0.15) is 46.2 Å². The number of benzene rings is 1. The summed E-state index contributed by atoms with van der Waals surface area (Å²) in [5.41, 5.74) is 1.83. The lowest BCUT2D eigenvalue weighted by atomic mass is 9.94. The van der Waals surface area contributed by atoms with Crippen LogP contribution in [0, 0.1) is 0 Å². The smallest absolute Gasteiger partial charge is 0.338 e. The van der Waals surface area contributed by atoms with Crippen molar-refractivity contribution in [2.75, 3.05) is 46.4 Å². The average molecular weight is 502 g/mol. The van der Waals surface area contributed by atoms with Gasteiger partial charge >= 0.3 is 18.0 Å². The van der Waals surface area contributed by atoms with Gasteiger partial charge in [-0.2, -0.15) is 0 Å². The van der Waals surface area contributed by atoms with E-state index in [4.69, 9.17) is 9.47 Å². The molecule has 1 aromatic rings. The fraction of sp³-hybridized carbons (Fsp3) is 0.577. The highest BCUT2D eigenvalue weighted by molar-refractivity contribution is 5.95. The molecule has 1 saturated heterocycles. The number of carbonyl (C=O) groups is 3. The third-order valence-corrected chi connectivity index (χ3v) is 6.46. The largest absolute Gasteiger partial charge is 0.497 e. The maximum Gasteiger partial charge on any atom is 0.338 e. The quantitative estimate of drug-likeness (QED) is 0.531. The number of esters is 1. The number of carbonyl (C=O) groups excluding carboxylic acids is 3. The van der Waals surface area contributed by atoms with Crippen LogP contribution in [0.4, 0.5) is 9.59 Å². The first-order valence-electron chi connectivity index (χ1n) is 12.6. The monoisotopic (exact) mass is 501 g/mol. The Kier molecular flexibility index (Phi) is 9.19. The summed E-state index contributed by atoms with van der Waals surface area (Å²) in [5.74, 6) is 0.237. The maximum atomic E-state index is 13.3. The fourth-order valence-corrected chi connectivity index (χ4v) is 4.72. The predicted octanol–water partition coefficient (Wildman–Crippen LogP) is 2.72. The number of hydrogen-bond acceptors (Lipinski definition) is 6. The van der Waals surface area contributed by atoms with E-state index in [0.29, 0.717) is 49.7 Å². The van der Waals surface area contributed by atoms with Crippen LogP contribution in [0.2, 0.25) is 0 Å². The summed E-state index contributed by atoms with van der Waals surface area (Å²) in [7, 11) is 1.59. The van der Waals surface area contributed by atoms with Crippen LogP contribution in [-0.4, -0.2) is 91.3 Å². The highest BCUT2D eigenvalue weighted by atomic mass is 16.5. The standard InChI is InChI=1S/C26H39N5O5/c1-7-30-21(16-29-13-14-31(18(5)15-29)25(33)27-17(3)4)22(24(32)36-8-2)23(28-26(30)34)19-9-11-20(35-6)12-10-19/h9-12,17-18,23H,7-8,13-16H2,1-6H3,(H,27,33)(H,28,34)/t18-,23+/m1/s1. The number of likely N-dealkylation sites (N-methyl/N-ethyl adjacent to an activating group) is 1. The third-order valence-electron chi connectivity index (χ3n) is 6.46. The van der Waals surface area contributed by atoms with Crippen molar-refractivity contribution in [2.24, 2.45) is 0 Å². The van der Waals surface area contributed by atoms with E-state index < -0.39 is 12.0 Å². The van der Waals surface area contributed by atoms with E-state index >= 15 is 0 Å². The van der Waals surface area contributed by atoms with Gasteiger partial charge in [-0.15, -0.1) is 0 Å². The van der Waals surface area contributed by atoms with Crippen LogP contribution in [-0.2, 0) is 9.53 Å². The summed E-state index contributed by atoms with van der Waals surface area (Å²) >= 11 is 0. The molecular weight excluding hydrogens is 462 g/mol. The maximum absolute atomic E-state index is 13.3. The summed E-state index contributed by atoms with van der Waals surface area (Å²) in [6, 6.07) is 6.36. The molecule has 0 aliphatic carbocycles. The molecule has 2 atom stereocenters. The molecule has 36 heavy (non-hydrogen) atoms. The zero-order valence-electron chi connectivity index (χ0n) is 22.2. The SMILES string of the molecule is CCOC(=O)C1=C(CN2CCN(C(=O)NC(C)C)[C@H](C)C2)N(CC)C(=O)N[C@H]1c1ccc(OC)cc1. The average Bonchev–Trinajstić information content (AvgIpc) is 2.83. The molecule has 0 aromatic heterocycles. The van der Waals surface area contributed by atoms with Gasteiger partial charge in [0.05, 0.1) is 25.3 Å². The molecule has 4 amide bonds. The molecule has 2 heterocycles. The third kappa shape index (κ3) is 6.10. The molecular formula is C26H39N5O5. The van der Waals surface area contributed by atoms with Gasteiger partial charge in [-0.1, -0.05) is 12.1 Å². The summed E-state index contributed by atoms with van der Waals surface area (Å²) in [6.07, 6.45) is 0. The second-order valence-corrected chi connectivity index (χ2v) is 9.36. The van der Waals surface area contributed by atoms with E-state index in [1.165, 1.54) is 0 Å². The Hall–Kier alpha value is -3.27. The number of methoxy groups -OCH3 is 1. The number of ether oxygens (including phenoxy) is 2. The lowest BCUT2D eigenvalue weighted by Gasteiger charge is -2.43. The van der Waals surface area contributed by atoms with E-state index in [-0.39, 0.29) is 30.8 Å². The van der Waals surface area contributed by atoms with Crippen LogP contribution in [0.15, 0.2) is 35.5 Å². The Morgan fingerprint density at radius 2 is 1.86 bits per heavy atom. The Morgan fingerprint density at radius 1 is 1.17 bits per heavy atom. The van der Waals surface area contributed by atoms with Crippen LogP contribution < -0.4 is 15.4 Å². The summed E-state index contributed by atoms with van der Waals surface area (Å²) < 4.78 is 10.7. The van der Waals surface area contributed by atoms with Gasteiger partial charge in [0.25, 0.3) is 0 Å². The Bertz CT molecular complexity index is 977. The zero-order valence-corrected chi connectivity index (χ0v) is 22.2. The van der Waals surface area contributed by atoms with Gasteiger partial charge in [0, 0.05) is 50.5 Å². The number of amides is 4. The first-order valence-corrected chi connectivity index (χ1v) is 12.6. The predicted molar refractivity (Wildman–Crippen MR) is 137 cm³/mol. The van der Waals surface area contributed by atoms with Crippen molar-refractivity contribution >= 4 is 18.0 Å². The number of nitrogens with one attached hydrogen (secondary N) is 2. The zero-order chi connectivity index (χ0) is 26.4. The molecule has 1 fully saturated rings. The van der Waals surface area contributed by atoms with Crippen molar-refractivity contribution in [3.8, 4) is 5.75 Å². The molecule has 2 aliphatic rings. The van der Waals surface area contributed by atoms with Gasteiger partial charge in [0.15, 0.2) is 0 Å². The molecule has 3 rings (SSSR count). The van der Waals surface area contributed by atoms with Gasteiger partial charge in [-0.25, -0.2) is 14.4 Å². The molecule has 2 N–H and O–H groups in total. The first-order chi connectivity index (χ1) is 17.2.